The second-order valence-electron chi connectivity index (χ2n) is 11.1. The van der Waals surface area contributed by atoms with E-state index in [1.807, 2.05) is 4.90 Å². The third kappa shape index (κ3) is 5.96. The number of carbonyl (C=O) groups is 2. The minimum absolute atomic E-state index is 0.0161. The number of hydrogen-bond acceptors (Lipinski definition) is 8. The lowest BCUT2D eigenvalue weighted by molar-refractivity contribution is -0.135. The molecule has 5 aliphatic rings. The number of ether oxygens (including phenoxy) is 1. The van der Waals surface area contributed by atoms with Crippen LogP contribution in [0.5, 0.6) is 0 Å². The van der Waals surface area contributed by atoms with E-state index in [1.165, 1.54) is 0 Å². The van der Waals surface area contributed by atoms with Crippen LogP contribution in [0.25, 0.3) is 0 Å². The van der Waals surface area contributed by atoms with Crippen molar-refractivity contribution in [1.82, 2.24) is 31.5 Å². The summed E-state index contributed by atoms with van der Waals surface area (Å²) in [6, 6.07) is 0.544. The van der Waals surface area contributed by atoms with Gasteiger partial charge in [0, 0.05) is 69.1 Å². The molecule has 0 aliphatic carbocycles. The zero-order valence-corrected chi connectivity index (χ0v) is 23.4. The van der Waals surface area contributed by atoms with Gasteiger partial charge in [-0.2, -0.15) is 0 Å². The minimum Gasteiger partial charge on any atom is -0.380 e. The Balaban J connectivity index is 1.16. The first kappa shape index (κ1) is 27.2. The molecule has 0 aromatic carbocycles. The molecule has 5 heterocycles. The van der Waals surface area contributed by atoms with Gasteiger partial charge in [0.15, 0.2) is 0 Å². The lowest BCUT2D eigenvalue weighted by Gasteiger charge is -2.45. The van der Waals surface area contributed by atoms with Gasteiger partial charge in [0.2, 0.25) is 11.8 Å². The molecule has 0 aromatic rings. The van der Waals surface area contributed by atoms with E-state index in [9.17, 15) is 9.59 Å². The Kier molecular flexibility index (Phi) is 8.94. The molecule has 11 atom stereocenters. The summed E-state index contributed by atoms with van der Waals surface area (Å²) < 4.78 is 5.80. The SMILES string of the molecule is COC1CNC(Cl)CC1C1CC(C)NCC1C(=O)NC1NC2CN(C(=O)C3CNCC(Cl)C3)CC2S1. The van der Waals surface area contributed by atoms with Crippen LogP contribution in [0.3, 0.4) is 0 Å². The number of nitrogens with zero attached hydrogens (tertiary/aromatic N) is 1. The highest BCUT2D eigenvalue weighted by Crippen LogP contribution is 2.38. The van der Waals surface area contributed by atoms with Gasteiger partial charge >= 0.3 is 0 Å². The molecular weight excluding hydrogens is 523 g/mol. The zero-order chi connectivity index (χ0) is 25.4. The Morgan fingerprint density at radius 2 is 1.86 bits per heavy atom. The highest BCUT2D eigenvalue weighted by molar-refractivity contribution is 8.00. The summed E-state index contributed by atoms with van der Waals surface area (Å²) in [7, 11) is 1.75. The van der Waals surface area contributed by atoms with E-state index in [2.05, 4.69) is 33.5 Å². The maximum absolute atomic E-state index is 13.5. The van der Waals surface area contributed by atoms with Crippen molar-refractivity contribution in [1.29, 1.82) is 0 Å². The first-order valence-corrected chi connectivity index (χ1v) is 15.1. The average Bonchev–Trinajstić information content (AvgIpc) is 3.42. The smallest absolute Gasteiger partial charge is 0.227 e. The van der Waals surface area contributed by atoms with Crippen LogP contribution in [0.15, 0.2) is 0 Å². The number of rotatable bonds is 5. The number of fused-ring (bicyclic) bond motifs is 1. The predicted octanol–water partition coefficient (Wildman–Crippen LogP) is 0.323. The maximum Gasteiger partial charge on any atom is 0.227 e. The van der Waals surface area contributed by atoms with Crippen molar-refractivity contribution in [3.63, 3.8) is 0 Å². The minimum atomic E-state index is -0.139. The Labute approximate surface area is 228 Å². The second-order valence-corrected chi connectivity index (χ2v) is 13.6. The van der Waals surface area contributed by atoms with Gasteiger partial charge in [-0.15, -0.1) is 35.0 Å². The summed E-state index contributed by atoms with van der Waals surface area (Å²) in [6.45, 7) is 6.41. The van der Waals surface area contributed by atoms with E-state index < -0.39 is 0 Å². The van der Waals surface area contributed by atoms with Crippen LogP contribution in [0.1, 0.15) is 26.2 Å². The summed E-state index contributed by atoms with van der Waals surface area (Å²) >= 11 is 14.5. The Morgan fingerprint density at radius 1 is 1.03 bits per heavy atom. The fourth-order valence-corrected chi connectivity index (χ4v) is 8.81. The van der Waals surface area contributed by atoms with E-state index in [4.69, 9.17) is 27.9 Å². The normalized spacial score (nSPS) is 45.3. The molecule has 5 rings (SSSR count). The first-order valence-electron chi connectivity index (χ1n) is 13.3. The van der Waals surface area contributed by atoms with Crippen molar-refractivity contribution in [2.24, 2.45) is 23.7 Å². The molecule has 0 saturated carbocycles. The lowest BCUT2D eigenvalue weighted by Crippen LogP contribution is -2.57. The largest absolute Gasteiger partial charge is 0.380 e. The molecule has 9 nitrogen and oxygen atoms in total. The molecule has 2 amide bonds. The van der Waals surface area contributed by atoms with Gasteiger partial charge in [-0.3, -0.25) is 20.2 Å². The van der Waals surface area contributed by atoms with Crippen LogP contribution in [-0.4, -0.2) is 103 Å². The van der Waals surface area contributed by atoms with Crippen molar-refractivity contribution >= 4 is 46.8 Å². The Hall–Kier alpha value is -0.330. The predicted molar refractivity (Wildman–Crippen MR) is 143 cm³/mol. The molecule has 0 spiro atoms. The fraction of sp³-hybridized carbons (Fsp3) is 0.917. The average molecular weight is 564 g/mol. The molecule has 5 fully saturated rings. The molecule has 5 saturated heterocycles. The summed E-state index contributed by atoms with van der Waals surface area (Å²) in [6.07, 6.45) is 2.52. The standard InChI is InChI=1S/C24H40Cl2N6O3S/c1-12-3-15(16-5-21(26)29-9-19(16)35-2)17(8-28-12)22(33)31-24-30-18-10-32(11-20(18)36-24)23(34)13-4-14(25)7-27-6-13/h12-21,24,27-30H,3-11H2,1-2H3,(H,31,33). The molecule has 5 aliphatic heterocycles. The number of carbonyl (C=O) groups excluding carboxylic acids is 2. The Morgan fingerprint density at radius 3 is 2.61 bits per heavy atom. The van der Waals surface area contributed by atoms with Crippen LogP contribution < -0.4 is 26.6 Å². The topological polar surface area (TPSA) is 107 Å². The van der Waals surface area contributed by atoms with Gasteiger partial charge in [0.25, 0.3) is 0 Å². The molecule has 0 radical (unpaired) electrons. The molecule has 11 unspecified atom stereocenters. The van der Waals surface area contributed by atoms with E-state index in [0.29, 0.717) is 38.8 Å². The number of piperidine rings is 3. The van der Waals surface area contributed by atoms with Crippen LogP contribution in [0, 0.1) is 23.7 Å². The van der Waals surface area contributed by atoms with Gasteiger partial charge in [-0.05, 0) is 38.0 Å². The number of likely N-dealkylation sites (tertiary alicyclic amines) is 1. The van der Waals surface area contributed by atoms with Crippen LogP contribution in [-0.2, 0) is 14.3 Å². The van der Waals surface area contributed by atoms with Crippen LogP contribution in [0.2, 0.25) is 0 Å². The number of amides is 2. The number of nitrogens with one attached hydrogen (secondary N) is 5. The van der Waals surface area contributed by atoms with Crippen molar-refractivity contribution in [2.45, 2.75) is 66.0 Å². The van der Waals surface area contributed by atoms with E-state index in [0.717, 1.165) is 25.8 Å². The summed E-state index contributed by atoms with van der Waals surface area (Å²) in [5.41, 5.74) is -0.229. The highest BCUT2D eigenvalue weighted by atomic mass is 35.5. The first-order chi connectivity index (χ1) is 17.3. The summed E-state index contributed by atoms with van der Waals surface area (Å²) in [5, 5.41) is 17.2. The van der Waals surface area contributed by atoms with Gasteiger partial charge in [-0.25, -0.2) is 0 Å². The molecule has 12 heteroatoms. The molecule has 5 N–H and O–H groups in total. The Bertz CT molecular complexity index is 800. The second kappa shape index (κ2) is 11.8. The molecule has 0 bridgehead atoms. The van der Waals surface area contributed by atoms with Gasteiger partial charge < -0.3 is 25.6 Å². The molecule has 36 heavy (non-hydrogen) atoms. The number of alkyl halides is 2. The highest BCUT2D eigenvalue weighted by Gasteiger charge is 2.47. The third-order valence-corrected chi connectivity index (χ3v) is 10.7. The van der Waals surface area contributed by atoms with Crippen LogP contribution in [0.4, 0.5) is 0 Å². The van der Waals surface area contributed by atoms with Crippen molar-refractivity contribution in [3.05, 3.63) is 0 Å². The zero-order valence-electron chi connectivity index (χ0n) is 21.1. The summed E-state index contributed by atoms with van der Waals surface area (Å²) in [4.78, 5) is 28.5. The monoisotopic (exact) mass is 562 g/mol. The maximum atomic E-state index is 13.5. The fourth-order valence-electron chi connectivity index (χ4n) is 6.78. The van der Waals surface area contributed by atoms with E-state index in [1.54, 1.807) is 18.9 Å². The lowest BCUT2D eigenvalue weighted by atomic mass is 9.70. The van der Waals surface area contributed by atoms with E-state index >= 15 is 0 Å². The van der Waals surface area contributed by atoms with Gasteiger partial charge in [0.1, 0.15) is 5.50 Å². The van der Waals surface area contributed by atoms with Crippen molar-refractivity contribution in [3.8, 4) is 0 Å². The van der Waals surface area contributed by atoms with Crippen molar-refractivity contribution in [2.75, 3.05) is 46.4 Å². The molecule has 204 valence electrons. The van der Waals surface area contributed by atoms with E-state index in [-0.39, 0.29) is 69.3 Å². The number of halogens is 2. The quantitative estimate of drug-likeness (QED) is 0.241. The number of methoxy groups -OCH3 is 1. The number of hydrogen-bond donors (Lipinski definition) is 5. The van der Waals surface area contributed by atoms with Gasteiger partial charge in [0.05, 0.1) is 23.4 Å². The summed E-state index contributed by atoms with van der Waals surface area (Å²) in [5.74, 6) is 0.555. The van der Waals surface area contributed by atoms with Gasteiger partial charge in [-0.1, -0.05) is 0 Å². The third-order valence-electron chi connectivity index (χ3n) is 8.69. The van der Waals surface area contributed by atoms with Crippen LogP contribution >= 0.6 is 35.0 Å². The molecule has 0 aromatic heterocycles. The number of thioether (sulfide) groups is 1. The molecular formula is C24H40Cl2N6O3S. The van der Waals surface area contributed by atoms with Crippen molar-refractivity contribution < 1.29 is 14.3 Å².